The Labute approximate surface area is 91.4 Å². The molecule has 2 rings (SSSR count). The average Bonchev–Trinajstić information content (AvgIpc) is 3.11. The molecule has 86 valence electrons. The lowest BCUT2D eigenvalue weighted by Gasteiger charge is -2.37. The van der Waals surface area contributed by atoms with Crippen molar-refractivity contribution in [3.8, 4) is 0 Å². The van der Waals surface area contributed by atoms with Gasteiger partial charge >= 0.3 is 0 Å². The number of carbonyl (C=O) groups excluding carboxylic acids is 1. The number of nitrogens with two attached hydrogens (primary N) is 1. The van der Waals surface area contributed by atoms with E-state index in [2.05, 4.69) is 11.9 Å². The number of rotatable bonds is 3. The second kappa shape index (κ2) is 4.49. The van der Waals surface area contributed by atoms with E-state index in [0.29, 0.717) is 6.04 Å². The summed E-state index contributed by atoms with van der Waals surface area (Å²) in [5.41, 5.74) is 5.39. The number of carbonyl (C=O) groups is 1. The van der Waals surface area contributed by atoms with E-state index < -0.39 is 0 Å². The van der Waals surface area contributed by atoms with Gasteiger partial charge < -0.3 is 10.6 Å². The Morgan fingerprint density at radius 1 is 1.40 bits per heavy atom. The molecule has 1 aliphatic carbocycles. The minimum Gasteiger partial charge on any atom is -0.340 e. The molecule has 0 spiro atoms. The number of nitrogens with zero attached hydrogens (tertiary/aromatic N) is 2. The Hall–Kier alpha value is -0.610. The highest BCUT2D eigenvalue weighted by molar-refractivity contribution is 5.78. The summed E-state index contributed by atoms with van der Waals surface area (Å²) in [6.07, 6.45) is 5.00. The molecule has 0 radical (unpaired) electrons. The zero-order chi connectivity index (χ0) is 10.8. The quantitative estimate of drug-likeness (QED) is 0.716. The molecule has 0 bridgehead atoms. The minimum atomic E-state index is 0.101. The smallest absolute Gasteiger partial charge is 0.236 e. The summed E-state index contributed by atoms with van der Waals surface area (Å²) in [5.74, 6) is 0.101. The van der Waals surface area contributed by atoms with Crippen molar-refractivity contribution < 1.29 is 4.79 Å². The number of amides is 1. The number of likely N-dealkylation sites (tertiary alicyclic amines) is 1. The third kappa shape index (κ3) is 2.49. The maximum absolute atomic E-state index is 11.5. The van der Waals surface area contributed by atoms with Crippen molar-refractivity contribution in [3.63, 3.8) is 0 Å². The van der Waals surface area contributed by atoms with Crippen LogP contribution in [0.2, 0.25) is 0 Å². The van der Waals surface area contributed by atoms with Gasteiger partial charge in [-0.3, -0.25) is 9.69 Å². The number of hydrogen-bond acceptors (Lipinski definition) is 3. The third-order valence-electron chi connectivity index (χ3n) is 3.62. The van der Waals surface area contributed by atoms with Gasteiger partial charge in [0.05, 0.1) is 6.54 Å². The fourth-order valence-electron chi connectivity index (χ4n) is 2.42. The molecule has 1 unspecified atom stereocenters. The van der Waals surface area contributed by atoms with Gasteiger partial charge in [0.15, 0.2) is 0 Å². The van der Waals surface area contributed by atoms with Crippen molar-refractivity contribution in [1.29, 1.82) is 0 Å². The summed E-state index contributed by atoms with van der Waals surface area (Å²) in [7, 11) is 2.19. The third-order valence-corrected chi connectivity index (χ3v) is 3.62. The first-order valence-corrected chi connectivity index (χ1v) is 5.92. The topological polar surface area (TPSA) is 49.6 Å². The van der Waals surface area contributed by atoms with E-state index in [1.807, 2.05) is 4.90 Å². The molecule has 15 heavy (non-hydrogen) atoms. The first kappa shape index (κ1) is 10.9. The molecule has 1 aliphatic heterocycles. The van der Waals surface area contributed by atoms with Crippen LogP contribution in [-0.2, 0) is 4.79 Å². The van der Waals surface area contributed by atoms with E-state index in [0.717, 1.165) is 25.6 Å². The maximum Gasteiger partial charge on any atom is 0.236 e. The second-order valence-corrected chi connectivity index (χ2v) is 4.74. The molecule has 1 amide bonds. The van der Waals surface area contributed by atoms with Crippen LogP contribution in [0.25, 0.3) is 0 Å². The molecule has 1 saturated heterocycles. The van der Waals surface area contributed by atoms with Crippen LogP contribution >= 0.6 is 0 Å². The predicted octanol–water partition coefficient (Wildman–Crippen LogP) is 0.0303. The summed E-state index contributed by atoms with van der Waals surface area (Å²) in [6, 6.07) is 1.34. The van der Waals surface area contributed by atoms with E-state index in [9.17, 15) is 4.79 Å². The largest absolute Gasteiger partial charge is 0.340 e. The molecule has 1 saturated carbocycles. The van der Waals surface area contributed by atoms with Gasteiger partial charge in [0.2, 0.25) is 5.91 Å². The Morgan fingerprint density at radius 2 is 2.13 bits per heavy atom. The molecule has 0 aromatic rings. The monoisotopic (exact) mass is 211 g/mol. The molecular formula is C11H21N3O. The molecule has 2 N–H and O–H groups in total. The van der Waals surface area contributed by atoms with E-state index in [1.165, 1.54) is 19.3 Å². The van der Waals surface area contributed by atoms with E-state index >= 15 is 0 Å². The summed E-state index contributed by atoms with van der Waals surface area (Å²) in [4.78, 5) is 15.9. The summed E-state index contributed by atoms with van der Waals surface area (Å²) >= 11 is 0. The van der Waals surface area contributed by atoms with Crippen LogP contribution in [-0.4, -0.2) is 54.5 Å². The lowest BCUT2D eigenvalue weighted by molar-refractivity contribution is -0.131. The molecule has 1 atom stereocenters. The number of piperidine rings is 1. The molecule has 1 heterocycles. The van der Waals surface area contributed by atoms with Gasteiger partial charge in [-0.05, 0) is 32.7 Å². The zero-order valence-corrected chi connectivity index (χ0v) is 9.48. The van der Waals surface area contributed by atoms with Gasteiger partial charge in [0.1, 0.15) is 0 Å². The molecule has 2 fully saturated rings. The highest BCUT2D eigenvalue weighted by Gasteiger charge is 2.33. The van der Waals surface area contributed by atoms with Crippen molar-refractivity contribution in [2.75, 3.05) is 26.7 Å². The molecule has 0 aromatic heterocycles. The Morgan fingerprint density at radius 3 is 2.73 bits per heavy atom. The van der Waals surface area contributed by atoms with Crippen LogP contribution in [0, 0.1) is 0 Å². The maximum atomic E-state index is 11.5. The lowest BCUT2D eigenvalue weighted by Crippen LogP contribution is -2.50. The first-order chi connectivity index (χ1) is 7.22. The normalized spacial score (nSPS) is 27.1. The van der Waals surface area contributed by atoms with Crippen LogP contribution in [0.15, 0.2) is 0 Å². The van der Waals surface area contributed by atoms with Crippen molar-refractivity contribution in [1.82, 2.24) is 9.80 Å². The van der Waals surface area contributed by atoms with Crippen LogP contribution in [0.4, 0.5) is 0 Å². The van der Waals surface area contributed by atoms with E-state index in [-0.39, 0.29) is 12.5 Å². The summed E-state index contributed by atoms with van der Waals surface area (Å²) < 4.78 is 0. The van der Waals surface area contributed by atoms with Gasteiger partial charge in [-0.15, -0.1) is 0 Å². The molecule has 4 nitrogen and oxygen atoms in total. The summed E-state index contributed by atoms with van der Waals surface area (Å²) in [6.45, 7) is 1.92. The second-order valence-electron chi connectivity index (χ2n) is 4.74. The van der Waals surface area contributed by atoms with Crippen LogP contribution in [0.5, 0.6) is 0 Å². The molecular weight excluding hydrogens is 190 g/mol. The van der Waals surface area contributed by atoms with Crippen molar-refractivity contribution in [2.24, 2.45) is 5.73 Å². The minimum absolute atomic E-state index is 0.101. The highest BCUT2D eigenvalue weighted by Crippen LogP contribution is 2.29. The van der Waals surface area contributed by atoms with Crippen LogP contribution in [0.3, 0.4) is 0 Å². The van der Waals surface area contributed by atoms with Gasteiger partial charge in [-0.25, -0.2) is 0 Å². The SMILES string of the molecule is CN(C1CC1)C1CCCN(C(=O)CN)C1. The van der Waals surface area contributed by atoms with Gasteiger partial charge in [0, 0.05) is 25.2 Å². The van der Waals surface area contributed by atoms with E-state index in [1.54, 1.807) is 0 Å². The summed E-state index contributed by atoms with van der Waals surface area (Å²) in [5, 5.41) is 0. The van der Waals surface area contributed by atoms with Crippen LogP contribution in [0.1, 0.15) is 25.7 Å². The van der Waals surface area contributed by atoms with Gasteiger partial charge in [-0.1, -0.05) is 0 Å². The fourth-order valence-corrected chi connectivity index (χ4v) is 2.42. The average molecular weight is 211 g/mol. The highest BCUT2D eigenvalue weighted by atomic mass is 16.2. The van der Waals surface area contributed by atoms with Gasteiger partial charge in [0.25, 0.3) is 0 Å². The Kier molecular flexibility index (Phi) is 3.26. The number of likely N-dealkylation sites (N-methyl/N-ethyl adjacent to an activating group) is 1. The van der Waals surface area contributed by atoms with Crippen molar-refractivity contribution in [2.45, 2.75) is 37.8 Å². The predicted molar refractivity (Wildman–Crippen MR) is 59.4 cm³/mol. The van der Waals surface area contributed by atoms with Crippen molar-refractivity contribution >= 4 is 5.91 Å². The molecule has 0 aromatic carbocycles. The lowest BCUT2D eigenvalue weighted by atomic mass is 10.0. The Bertz CT molecular complexity index is 240. The first-order valence-electron chi connectivity index (χ1n) is 5.92. The molecule has 2 aliphatic rings. The van der Waals surface area contributed by atoms with Crippen molar-refractivity contribution in [3.05, 3.63) is 0 Å². The standard InChI is InChI=1S/C11H21N3O/c1-13(9-4-5-9)10-3-2-6-14(8-10)11(15)7-12/h9-10H,2-8,12H2,1H3. The Balaban J connectivity index is 1.88. The number of hydrogen-bond donors (Lipinski definition) is 1. The van der Waals surface area contributed by atoms with E-state index in [4.69, 9.17) is 5.73 Å². The van der Waals surface area contributed by atoms with Gasteiger partial charge in [-0.2, -0.15) is 0 Å². The molecule has 4 heteroatoms. The fraction of sp³-hybridized carbons (Fsp3) is 0.909. The zero-order valence-electron chi connectivity index (χ0n) is 9.48. The van der Waals surface area contributed by atoms with Crippen LogP contribution < -0.4 is 5.73 Å².